The number of amides is 1. The molecule has 0 aliphatic rings. The highest BCUT2D eigenvalue weighted by molar-refractivity contribution is 6.15. The van der Waals surface area contributed by atoms with Crippen molar-refractivity contribution >= 4 is 23.8 Å². The normalized spacial score (nSPS) is 14.2. The molecule has 0 spiro atoms. The molecule has 0 aromatic heterocycles. The summed E-state index contributed by atoms with van der Waals surface area (Å²) in [5, 5.41) is 10.4. The molecule has 2 N–H and O–H groups in total. The molecule has 0 fully saturated rings. The first-order chi connectivity index (χ1) is 18.1. The van der Waals surface area contributed by atoms with Gasteiger partial charge in [-0.3, -0.25) is 15.1 Å². The number of benzene rings is 1. The van der Waals surface area contributed by atoms with Gasteiger partial charge in [-0.05, 0) is 68.9 Å². The molecule has 0 saturated carbocycles. The van der Waals surface area contributed by atoms with Crippen molar-refractivity contribution in [2.24, 2.45) is 15.9 Å². The Kier molecular flexibility index (Phi) is 15.4. The van der Waals surface area contributed by atoms with E-state index in [1.54, 1.807) is 0 Å². The Morgan fingerprint density at radius 2 is 1.82 bits per heavy atom. The van der Waals surface area contributed by atoms with Crippen LogP contribution in [0.25, 0.3) is 0 Å². The molecular formula is C29H43F3N4O2. The van der Waals surface area contributed by atoms with E-state index in [2.05, 4.69) is 38.0 Å². The number of ether oxygens (including phenoxy) is 1. The van der Waals surface area contributed by atoms with Crippen molar-refractivity contribution in [1.82, 2.24) is 5.32 Å². The number of hydrogen-bond donors (Lipinski definition) is 2. The van der Waals surface area contributed by atoms with Crippen LogP contribution in [-0.4, -0.2) is 43.6 Å². The average molecular weight is 537 g/mol. The van der Waals surface area contributed by atoms with Crippen molar-refractivity contribution in [3.05, 3.63) is 46.5 Å². The summed E-state index contributed by atoms with van der Waals surface area (Å²) in [6.07, 6.45) is 2.64. The number of alkyl halides is 3. The molecule has 1 unspecified atom stereocenters. The first-order valence-corrected chi connectivity index (χ1v) is 13.5. The van der Waals surface area contributed by atoms with Crippen molar-refractivity contribution in [3.63, 3.8) is 0 Å². The van der Waals surface area contributed by atoms with E-state index in [0.29, 0.717) is 37.8 Å². The second-order valence-corrected chi connectivity index (χ2v) is 9.21. The predicted octanol–water partition coefficient (Wildman–Crippen LogP) is 7.64. The zero-order chi connectivity index (χ0) is 28.6. The number of unbranched alkanes of at least 4 members (excludes halogenated alkanes) is 1. The van der Waals surface area contributed by atoms with Crippen molar-refractivity contribution < 1.29 is 22.7 Å². The Bertz CT molecular complexity index is 967. The van der Waals surface area contributed by atoms with Crippen LogP contribution in [0.2, 0.25) is 0 Å². The topological polar surface area (TPSA) is 86.9 Å². The second-order valence-electron chi connectivity index (χ2n) is 9.21. The smallest absolute Gasteiger partial charge is 0.382 e. The highest BCUT2D eigenvalue weighted by Crippen LogP contribution is 2.29. The number of aliphatic imine (C=N–C) groups is 2. The average Bonchev–Trinajstić information content (AvgIpc) is 2.89. The summed E-state index contributed by atoms with van der Waals surface area (Å²) in [5.41, 5.74) is 2.18. The number of guanidine groups is 1. The molecule has 0 saturated heterocycles. The van der Waals surface area contributed by atoms with E-state index in [0.717, 1.165) is 61.9 Å². The molecule has 6 nitrogen and oxygen atoms in total. The molecule has 0 aliphatic heterocycles. The Morgan fingerprint density at radius 3 is 2.37 bits per heavy atom. The van der Waals surface area contributed by atoms with E-state index in [9.17, 15) is 18.0 Å². The van der Waals surface area contributed by atoms with Crippen LogP contribution in [0.15, 0.2) is 45.4 Å². The SMILES string of the molecule is CCCCC(C)C(C)=C(CCC)C(CC=N)=NC(=NCCCOCC)NC(=O)c1ccc(C(F)(F)F)cc1. The van der Waals surface area contributed by atoms with Gasteiger partial charge >= 0.3 is 6.18 Å². The summed E-state index contributed by atoms with van der Waals surface area (Å²) in [5.74, 6) is -0.180. The van der Waals surface area contributed by atoms with Crippen LogP contribution in [0.1, 0.15) is 95.5 Å². The number of halogens is 3. The molecule has 0 heterocycles. The van der Waals surface area contributed by atoms with E-state index in [1.807, 2.05) is 6.92 Å². The van der Waals surface area contributed by atoms with Crippen LogP contribution in [0, 0.1) is 11.3 Å². The monoisotopic (exact) mass is 536 g/mol. The van der Waals surface area contributed by atoms with Gasteiger partial charge in [-0.25, -0.2) is 4.99 Å². The van der Waals surface area contributed by atoms with Gasteiger partial charge in [0.15, 0.2) is 0 Å². The lowest BCUT2D eigenvalue weighted by Gasteiger charge is -2.19. The summed E-state index contributed by atoms with van der Waals surface area (Å²) in [6, 6.07) is 4.02. The lowest BCUT2D eigenvalue weighted by atomic mass is 9.88. The lowest BCUT2D eigenvalue weighted by Crippen LogP contribution is -2.31. The largest absolute Gasteiger partial charge is 0.416 e. The molecule has 0 bridgehead atoms. The van der Waals surface area contributed by atoms with E-state index >= 15 is 0 Å². The fourth-order valence-corrected chi connectivity index (χ4v) is 3.89. The molecule has 1 aromatic rings. The van der Waals surface area contributed by atoms with Crippen molar-refractivity contribution in [3.8, 4) is 0 Å². The molecule has 1 rings (SSSR count). The van der Waals surface area contributed by atoms with Gasteiger partial charge in [0, 0.05) is 38.0 Å². The van der Waals surface area contributed by atoms with Gasteiger partial charge in [0.25, 0.3) is 5.91 Å². The van der Waals surface area contributed by atoms with Gasteiger partial charge in [0.2, 0.25) is 5.96 Å². The second kappa shape index (κ2) is 17.7. The van der Waals surface area contributed by atoms with Crippen LogP contribution >= 0.6 is 0 Å². The molecule has 0 aliphatic carbocycles. The summed E-state index contributed by atoms with van der Waals surface area (Å²) in [4.78, 5) is 22.1. The highest BCUT2D eigenvalue weighted by Gasteiger charge is 2.30. The van der Waals surface area contributed by atoms with Crippen LogP contribution in [0.4, 0.5) is 13.2 Å². The summed E-state index contributed by atoms with van der Waals surface area (Å²) in [6.45, 7) is 11.9. The van der Waals surface area contributed by atoms with Crippen LogP contribution in [0.3, 0.4) is 0 Å². The number of hydrogen-bond acceptors (Lipinski definition) is 4. The predicted molar refractivity (Wildman–Crippen MR) is 149 cm³/mol. The Morgan fingerprint density at radius 1 is 1.13 bits per heavy atom. The number of nitrogens with zero attached hydrogens (tertiary/aromatic N) is 2. The van der Waals surface area contributed by atoms with Gasteiger partial charge in [0.05, 0.1) is 11.3 Å². The zero-order valence-electron chi connectivity index (χ0n) is 23.4. The molecule has 1 amide bonds. The fraction of sp³-hybridized carbons (Fsp3) is 0.586. The van der Waals surface area contributed by atoms with Gasteiger partial charge in [-0.1, -0.05) is 45.6 Å². The Hall–Kier alpha value is -2.81. The van der Waals surface area contributed by atoms with Gasteiger partial charge in [-0.2, -0.15) is 13.2 Å². The number of allylic oxidation sites excluding steroid dienone is 2. The minimum atomic E-state index is -4.48. The lowest BCUT2D eigenvalue weighted by molar-refractivity contribution is -0.137. The van der Waals surface area contributed by atoms with E-state index < -0.39 is 17.6 Å². The van der Waals surface area contributed by atoms with Crippen molar-refractivity contribution in [2.75, 3.05) is 19.8 Å². The number of carbonyl (C=O) groups is 1. The molecule has 1 aromatic carbocycles. The number of nitrogens with one attached hydrogen (secondary N) is 2. The van der Waals surface area contributed by atoms with E-state index in [4.69, 9.17) is 15.1 Å². The third-order valence-corrected chi connectivity index (χ3v) is 6.20. The van der Waals surface area contributed by atoms with Gasteiger partial charge in [0.1, 0.15) is 0 Å². The van der Waals surface area contributed by atoms with Gasteiger partial charge < -0.3 is 10.1 Å². The van der Waals surface area contributed by atoms with E-state index in [1.165, 1.54) is 11.8 Å². The Balaban J connectivity index is 3.40. The minimum absolute atomic E-state index is 0.0671. The molecule has 9 heteroatoms. The van der Waals surface area contributed by atoms with Crippen LogP contribution in [-0.2, 0) is 10.9 Å². The van der Waals surface area contributed by atoms with E-state index in [-0.39, 0.29) is 17.9 Å². The maximum absolute atomic E-state index is 12.9. The third kappa shape index (κ3) is 11.7. The van der Waals surface area contributed by atoms with Crippen LogP contribution < -0.4 is 5.32 Å². The van der Waals surface area contributed by atoms with Crippen LogP contribution in [0.5, 0.6) is 0 Å². The maximum atomic E-state index is 12.9. The summed E-state index contributed by atoms with van der Waals surface area (Å²) < 4.78 is 44.2. The molecule has 38 heavy (non-hydrogen) atoms. The van der Waals surface area contributed by atoms with Crippen molar-refractivity contribution in [1.29, 1.82) is 5.41 Å². The highest BCUT2D eigenvalue weighted by atomic mass is 19.4. The standard InChI is InChI=1S/C29H43F3N4O2/c1-6-9-12-21(4)22(5)25(11-7-2)26(17-18-33)35-28(34-19-10-20-38-8-3)36-27(37)23-13-15-24(16-14-23)29(30,31)32/h13-16,18,21,33H,6-12,17,19-20H2,1-5H3,(H,34,36,37). The summed E-state index contributed by atoms with van der Waals surface area (Å²) >= 11 is 0. The van der Waals surface area contributed by atoms with Crippen molar-refractivity contribution in [2.45, 2.75) is 85.7 Å². The minimum Gasteiger partial charge on any atom is -0.382 e. The quantitative estimate of drug-likeness (QED) is 0.137. The zero-order valence-corrected chi connectivity index (χ0v) is 23.4. The molecular weight excluding hydrogens is 493 g/mol. The molecule has 212 valence electrons. The number of rotatable bonds is 15. The first-order valence-electron chi connectivity index (χ1n) is 13.5. The Labute approximate surface area is 225 Å². The molecule has 0 radical (unpaired) electrons. The fourth-order valence-electron chi connectivity index (χ4n) is 3.89. The van der Waals surface area contributed by atoms with Gasteiger partial charge in [-0.15, -0.1) is 0 Å². The first kappa shape index (κ1) is 33.2. The third-order valence-electron chi connectivity index (χ3n) is 6.20. The number of carbonyl (C=O) groups excluding carboxylic acids is 1. The summed E-state index contributed by atoms with van der Waals surface area (Å²) in [7, 11) is 0. The maximum Gasteiger partial charge on any atom is 0.416 e. The molecule has 1 atom stereocenters.